The minimum absolute atomic E-state index is 0.107. The number of hydrogen-bond acceptors (Lipinski definition) is 4. The van der Waals surface area contributed by atoms with Crippen molar-refractivity contribution in [2.24, 2.45) is 0 Å². The molecule has 0 aliphatic heterocycles. The Hall–Kier alpha value is -1.50. The number of nitrogens with zero attached hydrogens (tertiary/aromatic N) is 2. The molecule has 0 fully saturated rings. The third-order valence-corrected chi connectivity index (χ3v) is 1.38. The van der Waals surface area contributed by atoms with Crippen LogP contribution in [-0.2, 0) is 0 Å². The fourth-order valence-corrected chi connectivity index (χ4v) is 0.874. The van der Waals surface area contributed by atoms with Gasteiger partial charge in [-0.15, -0.1) is 0 Å². The van der Waals surface area contributed by atoms with Gasteiger partial charge in [0.2, 0.25) is 0 Å². The van der Waals surface area contributed by atoms with Crippen molar-refractivity contribution in [3.8, 4) is 6.07 Å². The second-order valence-electron chi connectivity index (χ2n) is 3.91. The van der Waals surface area contributed by atoms with Gasteiger partial charge in [0.15, 0.2) is 5.69 Å². The molecule has 0 aromatic carbocycles. The molecule has 13 heavy (non-hydrogen) atoms. The Labute approximate surface area is 77.6 Å². The standard InChI is InChI=1S/C9H13N3O/c1-6-7(5-10)11-8(13-6)12-9(2,3)4/h1-4H3,(H,11,12). The van der Waals surface area contributed by atoms with Crippen LogP contribution in [0.15, 0.2) is 4.42 Å². The summed E-state index contributed by atoms with van der Waals surface area (Å²) < 4.78 is 5.24. The maximum atomic E-state index is 8.63. The molecule has 1 heterocycles. The first-order valence-electron chi connectivity index (χ1n) is 4.08. The minimum atomic E-state index is -0.107. The van der Waals surface area contributed by atoms with Gasteiger partial charge < -0.3 is 9.73 Å². The van der Waals surface area contributed by atoms with E-state index in [0.717, 1.165) is 0 Å². The van der Waals surface area contributed by atoms with Crippen molar-refractivity contribution in [1.82, 2.24) is 4.98 Å². The highest BCUT2D eigenvalue weighted by Crippen LogP contribution is 2.17. The first kappa shape index (κ1) is 9.59. The molecule has 4 heteroatoms. The number of rotatable bonds is 1. The lowest BCUT2D eigenvalue weighted by Crippen LogP contribution is -2.26. The van der Waals surface area contributed by atoms with Crippen molar-refractivity contribution in [3.05, 3.63) is 11.5 Å². The molecule has 70 valence electrons. The van der Waals surface area contributed by atoms with E-state index >= 15 is 0 Å². The van der Waals surface area contributed by atoms with Gasteiger partial charge >= 0.3 is 0 Å². The molecule has 0 saturated carbocycles. The summed E-state index contributed by atoms with van der Waals surface area (Å²) in [5, 5.41) is 11.7. The number of anilines is 1. The van der Waals surface area contributed by atoms with Gasteiger partial charge in [0.25, 0.3) is 6.01 Å². The molecule has 0 spiro atoms. The van der Waals surface area contributed by atoms with Crippen molar-refractivity contribution in [2.45, 2.75) is 33.2 Å². The van der Waals surface area contributed by atoms with Crippen LogP contribution in [0.2, 0.25) is 0 Å². The number of nitriles is 1. The van der Waals surface area contributed by atoms with E-state index < -0.39 is 0 Å². The van der Waals surface area contributed by atoms with Crippen LogP contribution in [0.4, 0.5) is 6.01 Å². The second kappa shape index (κ2) is 3.09. The minimum Gasteiger partial charge on any atom is -0.428 e. The predicted octanol–water partition coefficient (Wildman–Crippen LogP) is 2.07. The zero-order valence-corrected chi connectivity index (χ0v) is 8.30. The Morgan fingerprint density at radius 3 is 2.46 bits per heavy atom. The predicted molar refractivity (Wildman–Crippen MR) is 49.3 cm³/mol. The molecule has 0 unspecified atom stereocenters. The molecule has 0 aliphatic rings. The van der Waals surface area contributed by atoms with Crippen LogP contribution in [-0.4, -0.2) is 10.5 Å². The van der Waals surface area contributed by atoms with Crippen LogP contribution in [0.25, 0.3) is 0 Å². The van der Waals surface area contributed by atoms with Crippen LogP contribution in [0, 0.1) is 18.3 Å². The summed E-state index contributed by atoms with van der Waals surface area (Å²) in [5.41, 5.74) is 0.232. The van der Waals surface area contributed by atoms with Crippen LogP contribution in [0.3, 0.4) is 0 Å². The van der Waals surface area contributed by atoms with Gasteiger partial charge in [-0.2, -0.15) is 10.2 Å². The van der Waals surface area contributed by atoms with E-state index in [4.69, 9.17) is 9.68 Å². The number of aryl methyl sites for hydroxylation is 1. The highest BCUT2D eigenvalue weighted by molar-refractivity contribution is 5.33. The fraction of sp³-hybridized carbons (Fsp3) is 0.556. The smallest absolute Gasteiger partial charge is 0.296 e. The van der Waals surface area contributed by atoms with Gasteiger partial charge in [-0.1, -0.05) is 0 Å². The zero-order chi connectivity index (χ0) is 10.1. The average molecular weight is 179 g/mol. The second-order valence-corrected chi connectivity index (χ2v) is 3.91. The summed E-state index contributed by atoms with van der Waals surface area (Å²) in [7, 11) is 0. The lowest BCUT2D eigenvalue weighted by molar-refractivity contribution is 0.510. The Morgan fingerprint density at radius 2 is 2.08 bits per heavy atom. The van der Waals surface area contributed by atoms with E-state index in [1.54, 1.807) is 6.92 Å². The molecule has 0 aliphatic carbocycles. The van der Waals surface area contributed by atoms with Crippen LogP contribution in [0.5, 0.6) is 0 Å². The summed E-state index contributed by atoms with van der Waals surface area (Å²) in [6.07, 6.45) is 0. The lowest BCUT2D eigenvalue weighted by Gasteiger charge is -2.18. The monoisotopic (exact) mass is 179 g/mol. The molecule has 1 rings (SSSR count). The highest BCUT2D eigenvalue weighted by atomic mass is 16.4. The summed E-state index contributed by atoms with van der Waals surface area (Å²) in [5.74, 6) is 0.550. The zero-order valence-electron chi connectivity index (χ0n) is 8.30. The van der Waals surface area contributed by atoms with Crippen molar-refractivity contribution in [2.75, 3.05) is 5.32 Å². The van der Waals surface area contributed by atoms with Gasteiger partial charge in [0.05, 0.1) is 0 Å². The first-order chi connectivity index (χ1) is 5.92. The number of nitrogens with one attached hydrogen (secondary N) is 1. The molecule has 0 radical (unpaired) electrons. The maximum absolute atomic E-state index is 8.63. The van der Waals surface area contributed by atoms with E-state index in [9.17, 15) is 0 Å². The Morgan fingerprint density at radius 1 is 1.46 bits per heavy atom. The Balaban J connectivity index is 2.87. The topological polar surface area (TPSA) is 61.9 Å². The normalized spacial score (nSPS) is 11.0. The fourth-order valence-electron chi connectivity index (χ4n) is 0.874. The van der Waals surface area contributed by atoms with Crippen LogP contribution >= 0.6 is 0 Å². The summed E-state index contributed by atoms with van der Waals surface area (Å²) in [6, 6.07) is 2.36. The summed E-state index contributed by atoms with van der Waals surface area (Å²) in [6.45, 7) is 7.72. The molecule has 4 nitrogen and oxygen atoms in total. The van der Waals surface area contributed by atoms with E-state index in [2.05, 4.69) is 10.3 Å². The molecule has 0 atom stereocenters. The van der Waals surface area contributed by atoms with E-state index in [0.29, 0.717) is 17.5 Å². The molecular formula is C9H13N3O. The van der Waals surface area contributed by atoms with Gasteiger partial charge in [-0.25, -0.2) is 0 Å². The van der Waals surface area contributed by atoms with Crippen molar-refractivity contribution in [1.29, 1.82) is 5.26 Å². The lowest BCUT2D eigenvalue weighted by atomic mass is 10.1. The molecule has 1 N–H and O–H groups in total. The van der Waals surface area contributed by atoms with Gasteiger partial charge in [0.1, 0.15) is 11.8 Å². The van der Waals surface area contributed by atoms with Crippen molar-refractivity contribution < 1.29 is 4.42 Å². The van der Waals surface area contributed by atoms with Gasteiger partial charge in [0, 0.05) is 5.54 Å². The first-order valence-corrected chi connectivity index (χ1v) is 4.08. The van der Waals surface area contributed by atoms with Crippen LogP contribution < -0.4 is 5.32 Å². The third kappa shape index (κ3) is 2.48. The Kier molecular flexibility index (Phi) is 2.28. The molecule has 0 amide bonds. The van der Waals surface area contributed by atoms with Gasteiger partial charge in [-0.3, -0.25) is 0 Å². The molecule has 1 aromatic rings. The quantitative estimate of drug-likeness (QED) is 0.716. The SMILES string of the molecule is Cc1oc(NC(C)(C)C)nc1C#N. The number of aromatic nitrogens is 1. The largest absolute Gasteiger partial charge is 0.428 e. The number of oxazole rings is 1. The maximum Gasteiger partial charge on any atom is 0.296 e. The van der Waals surface area contributed by atoms with Gasteiger partial charge in [-0.05, 0) is 27.7 Å². The molecule has 1 aromatic heterocycles. The van der Waals surface area contributed by atoms with Crippen LogP contribution in [0.1, 0.15) is 32.2 Å². The third-order valence-electron chi connectivity index (χ3n) is 1.38. The van der Waals surface area contributed by atoms with E-state index in [-0.39, 0.29) is 5.54 Å². The number of hydrogen-bond donors (Lipinski definition) is 1. The highest BCUT2D eigenvalue weighted by Gasteiger charge is 2.15. The van der Waals surface area contributed by atoms with E-state index in [1.165, 1.54) is 0 Å². The molecule has 0 saturated heterocycles. The van der Waals surface area contributed by atoms with Crippen molar-refractivity contribution >= 4 is 6.01 Å². The summed E-state index contributed by atoms with van der Waals surface area (Å²) in [4.78, 5) is 3.97. The van der Waals surface area contributed by atoms with E-state index in [1.807, 2.05) is 26.8 Å². The molecule has 0 bridgehead atoms. The summed E-state index contributed by atoms with van der Waals surface area (Å²) >= 11 is 0. The van der Waals surface area contributed by atoms with Crippen molar-refractivity contribution in [3.63, 3.8) is 0 Å². The average Bonchev–Trinajstić information content (AvgIpc) is 2.26. The molecular weight excluding hydrogens is 166 g/mol. The Bertz CT molecular complexity index is 341.